The SMILES string of the molecule is O=S1(=O)N=C(CN2CCCN(S(=O)(=O)c3cccs3)CC2)Nc2ccc(Cl)cc21. The largest absolute Gasteiger partial charge is 0.341 e. The van der Waals surface area contributed by atoms with Crippen LogP contribution in [-0.2, 0) is 20.0 Å². The second-order valence-corrected chi connectivity index (χ2v) is 11.9. The number of halogens is 1. The lowest BCUT2D eigenvalue weighted by Crippen LogP contribution is -2.39. The highest BCUT2D eigenvalue weighted by molar-refractivity contribution is 7.91. The second kappa shape index (κ2) is 7.97. The Morgan fingerprint density at radius 1 is 1.17 bits per heavy atom. The first kappa shape index (κ1) is 20.8. The average Bonchev–Trinajstić information content (AvgIpc) is 3.10. The summed E-state index contributed by atoms with van der Waals surface area (Å²) in [7, 11) is -7.32. The third kappa shape index (κ3) is 4.35. The number of nitrogens with zero attached hydrogens (tertiary/aromatic N) is 3. The number of thiophene rings is 1. The Labute approximate surface area is 178 Å². The minimum Gasteiger partial charge on any atom is -0.341 e. The Kier molecular flexibility index (Phi) is 5.70. The molecular weight excluding hydrogens is 456 g/mol. The van der Waals surface area contributed by atoms with Gasteiger partial charge in [0.1, 0.15) is 14.9 Å². The third-order valence-electron chi connectivity index (χ3n) is 4.74. The molecule has 0 radical (unpaired) electrons. The van der Waals surface area contributed by atoms with Gasteiger partial charge in [0.2, 0.25) is 0 Å². The van der Waals surface area contributed by atoms with E-state index >= 15 is 0 Å². The Morgan fingerprint density at radius 2 is 2.00 bits per heavy atom. The summed E-state index contributed by atoms with van der Waals surface area (Å²) in [6, 6.07) is 7.93. The fourth-order valence-corrected chi connectivity index (χ4v) is 7.36. The number of hydrogen-bond donors (Lipinski definition) is 1. The Bertz CT molecular complexity index is 1150. The van der Waals surface area contributed by atoms with Crippen LogP contribution in [0.2, 0.25) is 5.02 Å². The highest BCUT2D eigenvalue weighted by atomic mass is 35.5. The van der Waals surface area contributed by atoms with Crippen molar-refractivity contribution in [3.63, 3.8) is 0 Å². The van der Waals surface area contributed by atoms with Gasteiger partial charge in [-0.2, -0.15) is 12.7 Å². The number of hydrogen-bond acceptors (Lipinski definition) is 7. The molecule has 2 aliphatic rings. The van der Waals surface area contributed by atoms with Crippen LogP contribution in [-0.4, -0.2) is 64.6 Å². The summed E-state index contributed by atoms with van der Waals surface area (Å²) < 4.78 is 56.1. The summed E-state index contributed by atoms with van der Waals surface area (Å²) in [5.74, 6) is 0.314. The quantitative estimate of drug-likeness (QED) is 0.730. The molecule has 0 bridgehead atoms. The van der Waals surface area contributed by atoms with Crippen molar-refractivity contribution in [1.82, 2.24) is 9.21 Å². The maximum atomic E-state index is 12.7. The Morgan fingerprint density at radius 3 is 2.76 bits per heavy atom. The summed E-state index contributed by atoms with van der Waals surface area (Å²) in [5, 5.41) is 5.12. The molecule has 0 amide bonds. The van der Waals surface area contributed by atoms with E-state index in [0.29, 0.717) is 53.4 Å². The first-order valence-electron chi connectivity index (χ1n) is 8.92. The van der Waals surface area contributed by atoms with Gasteiger partial charge in [-0.25, -0.2) is 8.42 Å². The van der Waals surface area contributed by atoms with E-state index in [1.54, 1.807) is 29.6 Å². The number of anilines is 1. The van der Waals surface area contributed by atoms with E-state index < -0.39 is 20.0 Å². The molecule has 1 aromatic carbocycles. The number of fused-ring (bicyclic) bond motifs is 1. The lowest BCUT2D eigenvalue weighted by atomic mass is 10.3. The van der Waals surface area contributed by atoms with Crippen LogP contribution in [0.1, 0.15) is 6.42 Å². The van der Waals surface area contributed by atoms with Crippen molar-refractivity contribution >= 4 is 54.5 Å². The van der Waals surface area contributed by atoms with E-state index in [4.69, 9.17) is 11.6 Å². The standard InChI is InChI=1S/C17H19ClN4O4S3/c18-13-4-5-14-15(11-13)28(23,24)20-16(19-14)12-21-6-2-7-22(9-8-21)29(25,26)17-3-1-10-27-17/h1,3-5,10-11H,2,6-9,12H2,(H,19,20). The van der Waals surface area contributed by atoms with E-state index in [1.165, 1.54) is 21.7 Å². The van der Waals surface area contributed by atoms with Crippen LogP contribution in [0.4, 0.5) is 5.69 Å². The molecule has 2 aromatic rings. The van der Waals surface area contributed by atoms with Gasteiger partial charge in [0, 0.05) is 24.7 Å². The predicted molar refractivity (Wildman–Crippen MR) is 114 cm³/mol. The minimum absolute atomic E-state index is 0.0535. The van der Waals surface area contributed by atoms with Crippen molar-refractivity contribution < 1.29 is 16.8 Å². The lowest BCUT2D eigenvalue weighted by Gasteiger charge is -2.24. The van der Waals surface area contributed by atoms with Crippen LogP contribution in [0, 0.1) is 0 Å². The summed E-state index contributed by atoms with van der Waals surface area (Å²) in [6.07, 6.45) is 0.650. The van der Waals surface area contributed by atoms with Gasteiger partial charge in [0.05, 0.1) is 12.2 Å². The van der Waals surface area contributed by atoms with Gasteiger partial charge in [-0.3, -0.25) is 4.90 Å². The van der Waals surface area contributed by atoms with E-state index in [9.17, 15) is 16.8 Å². The van der Waals surface area contributed by atoms with Crippen molar-refractivity contribution in [2.75, 3.05) is 38.0 Å². The molecule has 2 aliphatic heterocycles. The van der Waals surface area contributed by atoms with Crippen LogP contribution < -0.4 is 5.32 Å². The zero-order valence-corrected chi connectivity index (χ0v) is 18.5. The molecule has 1 aromatic heterocycles. The number of rotatable bonds is 4. The van der Waals surface area contributed by atoms with Crippen molar-refractivity contribution in [3.8, 4) is 0 Å². The van der Waals surface area contributed by atoms with Crippen LogP contribution in [0.5, 0.6) is 0 Å². The molecule has 0 saturated carbocycles. The fourth-order valence-electron chi connectivity index (χ4n) is 3.35. The fraction of sp³-hybridized carbons (Fsp3) is 0.353. The molecular formula is C17H19ClN4O4S3. The predicted octanol–water partition coefficient (Wildman–Crippen LogP) is 2.31. The molecule has 1 N–H and O–H groups in total. The van der Waals surface area contributed by atoms with E-state index in [-0.39, 0.29) is 11.4 Å². The van der Waals surface area contributed by atoms with Crippen LogP contribution in [0.15, 0.2) is 49.2 Å². The molecule has 3 heterocycles. The summed E-state index contributed by atoms with van der Waals surface area (Å²) >= 11 is 7.10. The van der Waals surface area contributed by atoms with Crippen molar-refractivity contribution in [1.29, 1.82) is 0 Å². The molecule has 1 fully saturated rings. The minimum atomic E-state index is -3.83. The smallest absolute Gasteiger partial charge is 0.286 e. The first-order valence-corrected chi connectivity index (χ1v) is 13.1. The van der Waals surface area contributed by atoms with E-state index in [1.807, 2.05) is 4.90 Å². The number of nitrogens with one attached hydrogen (secondary N) is 1. The topological polar surface area (TPSA) is 99.2 Å². The molecule has 8 nitrogen and oxygen atoms in total. The molecule has 4 rings (SSSR count). The van der Waals surface area contributed by atoms with Gasteiger partial charge >= 0.3 is 0 Å². The summed E-state index contributed by atoms with van der Waals surface area (Å²) in [5.41, 5.74) is 0.441. The maximum absolute atomic E-state index is 12.7. The van der Waals surface area contributed by atoms with Gasteiger partial charge in [0.25, 0.3) is 20.0 Å². The van der Waals surface area contributed by atoms with Gasteiger partial charge in [0.15, 0.2) is 0 Å². The molecule has 0 spiro atoms. The zero-order chi connectivity index (χ0) is 20.6. The maximum Gasteiger partial charge on any atom is 0.286 e. The van der Waals surface area contributed by atoms with Gasteiger partial charge in [-0.05, 0) is 42.6 Å². The molecule has 12 heteroatoms. The highest BCUT2D eigenvalue weighted by Gasteiger charge is 2.30. The molecule has 0 unspecified atom stereocenters. The van der Waals surface area contributed by atoms with Crippen molar-refractivity contribution in [3.05, 3.63) is 40.7 Å². The third-order valence-corrected chi connectivity index (χ3v) is 9.60. The number of amidine groups is 1. The lowest BCUT2D eigenvalue weighted by molar-refractivity contribution is 0.324. The summed E-state index contributed by atoms with van der Waals surface area (Å²) in [4.78, 5) is 2.06. The molecule has 156 valence electrons. The Balaban J connectivity index is 1.46. The first-order chi connectivity index (χ1) is 13.8. The highest BCUT2D eigenvalue weighted by Crippen LogP contribution is 2.30. The molecule has 29 heavy (non-hydrogen) atoms. The monoisotopic (exact) mass is 474 g/mol. The van der Waals surface area contributed by atoms with Gasteiger partial charge in [-0.15, -0.1) is 15.7 Å². The Hall–Kier alpha value is -1.50. The molecule has 0 aliphatic carbocycles. The normalized spacial score (nSPS) is 20.4. The van der Waals surface area contributed by atoms with E-state index in [0.717, 1.165) is 0 Å². The number of sulfonamides is 2. The second-order valence-electron chi connectivity index (χ2n) is 6.74. The van der Waals surface area contributed by atoms with Crippen molar-refractivity contribution in [2.24, 2.45) is 4.40 Å². The van der Waals surface area contributed by atoms with Crippen LogP contribution in [0.25, 0.3) is 0 Å². The van der Waals surface area contributed by atoms with Gasteiger partial charge < -0.3 is 5.32 Å². The van der Waals surface area contributed by atoms with Crippen LogP contribution in [0.3, 0.4) is 0 Å². The average molecular weight is 475 g/mol. The number of benzene rings is 1. The van der Waals surface area contributed by atoms with Crippen molar-refractivity contribution in [2.45, 2.75) is 15.5 Å². The molecule has 0 atom stereocenters. The van der Waals surface area contributed by atoms with Gasteiger partial charge in [-0.1, -0.05) is 17.7 Å². The zero-order valence-electron chi connectivity index (χ0n) is 15.3. The summed E-state index contributed by atoms with van der Waals surface area (Å²) in [6.45, 7) is 2.18. The van der Waals surface area contributed by atoms with E-state index in [2.05, 4.69) is 9.71 Å². The van der Waals surface area contributed by atoms with Crippen LogP contribution >= 0.6 is 22.9 Å². The molecule has 1 saturated heterocycles.